The van der Waals surface area contributed by atoms with Crippen LogP contribution >= 0.6 is 11.3 Å². The molecule has 0 spiro atoms. The first-order valence-corrected chi connectivity index (χ1v) is 9.06. The van der Waals surface area contributed by atoms with Crippen LogP contribution in [0.4, 0.5) is 4.79 Å². The molecule has 0 bridgehead atoms. The van der Waals surface area contributed by atoms with Crippen LogP contribution in [-0.2, 0) is 16.1 Å². The highest BCUT2D eigenvalue weighted by atomic mass is 32.1. The Morgan fingerprint density at radius 3 is 3.04 bits per heavy atom. The number of fused-ring (bicyclic) bond motifs is 1. The predicted molar refractivity (Wildman–Crippen MR) is 88.3 cm³/mol. The second-order valence-corrected chi connectivity index (χ2v) is 7.07. The van der Waals surface area contributed by atoms with Gasteiger partial charge in [-0.1, -0.05) is 18.9 Å². The molecule has 2 aliphatic rings. The molecule has 3 rings (SSSR count). The number of nitrogens with one attached hydrogen (secondary N) is 2. The summed E-state index contributed by atoms with van der Waals surface area (Å²) in [5.74, 6) is -0.250. The van der Waals surface area contributed by atoms with Crippen molar-refractivity contribution in [1.29, 1.82) is 0 Å². The molecule has 0 radical (unpaired) electrons. The van der Waals surface area contributed by atoms with Gasteiger partial charge in [0.05, 0.1) is 25.8 Å². The Kier molecular flexibility index (Phi) is 5.64. The monoisotopic (exact) mass is 337 g/mol. The number of morpholine rings is 1. The fourth-order valence-electron chi connectivity index (χ4n) is 3.35. The molecule has 1 aromatic heterocycles. The van der Waals surface area contributed by atoms with Crippen molar-refractivity contribution in [2.24, 2.45) is 0 Å². The summed E-state index contributed by atoms with van der Waals surface area (Å²) in [6.07, 6.45) is 4.78. The molecular weight excluding hydrogens is 314 g/mol. The SMILES string of the molecule is O=C(CN1CCOC2CCCCC21)NC(=O)NCc1cccs1. The van der Waals surface area contributed by atoms with Gasteiger partial charge in [-0.3, -0.25) is 15.0 Å². The molecule has 7 heteroatoms. The van der Waals surface area contributed by atoms with E-state index in [0.29, 0.717) is 19.2 Å². The zero-order valence-electron chi connectivity index (χ0n) is 13.1. The minimum Gasteiger partial charge on any atom is -0.375 e. The Hall–Kier alpha value is -1.44. The molecule has 1 saturated heterocycles. The number of amides is 3. The Morgan fingerprint density at radius 2 is 2.22 bits per heavy atom. The largest absolute Gasteiger partial charge is 0.375 e. The molecule has 2 heterocycles. The summed E-state index contributed by atoms with van der Waals surface area (Å²) in [6.45, 7) is 2.13. The lowest BCUT2D eigenvalue weighted by Crippen LogP contribution is -2.55. The first-order chi connectivity index (χ1) is 11.2. The molecule has 126 valence electrons. The van der Waals surface area contributed by atoms with Crippen molar-refractivity contribution < 1.29 is 14.3 Å². The van der Waals surface area contributed by atoms with E-state index in [1.165, 1.54) is 12.8 Å². The zero-order chi connectivity index (χ0) is 16.1. The van der Waals surface area contributed by atoms with E-state index in [2.05, 4.69) is 15.5 Å². The first-order valence-electron chi connectivity index (χ1n) is 8.18. The average Bonchev–Trinajstić information content (AvgIpc) is 3.07. The summed E-state index contributed by atoms with van der Waals surface area (Å²) < 4.78 is 5.80. The molecule has 6 nitrogen and oxygen atoms in total. The molecule has 2 fully saturated rings. The Labute approximate surface area is 140 Å². The van der Waals surface area contributed by atoms with Gasteiger partial charge in [0.2, 0.25) is 5.91 Å². The maximum atomic E-state index is 12.1. The van der Waals surface area contributed by atoms with Gasteiger partial charge in [0.25, 0.3) is 0 Å². The van der Waals surface area contributed by atoms with Crippen LogP contribution in [0, 0.1) is 0 Å². The lowest BCUT2D eigenvalue weighted by atomic mass is 9.90. The summed E-state index contributed by atoms with van der Waals surface area (Å²) >= 11 is 1.58. The molecule has 0 aromatic carbocycles. The van der Waals surface area contributed by atoms with Crippen molar-refractivity contribution >= 4 is 23.3 Å². The molecule has 1 aromatic rings. The van der Waals surface area contributed by atoms with E-state index in [1.807, 2.05) is 17.5 Å². The second-order valence-electron chi connectivity index (χ2n) is 6.04. The number of nitrogens with zero attached hydrogens (tertiary/aromatic N) is 1. The van der Waals surface area contributed by atoms with Crippen molar-refractivity contribution in [3.8, 4) is 0 Å². The topological polar surface area (TPSA) is 70.7 Å². The highest BCUT2D eigenvalue weighted by Crippen LogP contribution is 2.28. The van der Waals surface area contributed by atoms with Crippen LogP contribution in [0.15, 0.2) is 17.5 Å². The lowest BCUT2D eigenvalue weighted by molar-refractivity contribution is -0.128. The van der Waals surface area contributed by atoms with Gasteiger partial charge < -0.3 is 10.1 Å². The first kappa shape index (κ1) is 16.4. The second kappa shape index (κ2) is 7.90. The smallest absolute Gasteiger partial charge is 0.321 e. The fourth-order valence-corrected chi connectivity index (χ4v) is 3.99. The molecular formula is C16H23N3O3S. The standard InChI is InChI=1S/C16H23N3O3S/c20-15(18-16(21)17-10-12-4-3-9-23-12)11-19-7-8-22-14-6-2-1-5-13(14)19/h3-4,9,13-14H,1-2,5-8,10-11H2,(H2,17,18,20,21). The number of carbonyl (C=O) groups is 2. The van der Waals surface area contributed by atoms with Gasteiger partial charge in [0.15, 0.2) is 0 Å². The lowest BCUT2D eigenvalue weighted by Gasteiger charge is -2.43. The summed E-state index contributed by atoms with van der Waals surface area (Å²) in [5, 5.41) is 7.08. The number of urea groups is 1. The third kappa shape index (κ3) is 4.53. The van der Waals surface area contributed by atoms with Crippen LogP contribution < -0.4 is 10.6 Å². The Bertz CT molecular complexity index is 533. The minimum absolute atomic E-state index is 0.248. The fraction of sp³-hybridized carbons (Fsp3) is 0.625. The number of carbonyl (C=O) groups excluding carboxylic acids is 2. The number of imide groups is 1. The van der Waals surface area contributed by atoms with E-state index in [4.69, 9.17) is 4.74 Å². The summed E-state index contributed by atoms with van der Waals surface area (Å²) in [6, 6.07) is 3.77. The molecule has 23 heavy (non-hydrogen) atoms. The van der Waals surface area contributed by atoms with Gasteiger partial charge in [-0.15, -0.1) is 11.3 Å². The van der Waals surface area contributed by atoms with Gasteiger partial charge in [-0.05, 0) is 24.3 Å². The van der Waals surface area contributed by atoms with Gasteiger partial charge >= 0.3 is 6.03 Å². The number of hydrogen-bond donors (Lipinski definition) is 2. The number of rotatable bonds is 4. The van der Waals surface area contributed by atoms with Crippen LogP contribution in [0.1, 0.15) is 30.6 Å². The summed E-state index contributed by atoms with van der Waals surface area (Å²) in [5.41, 5.74) is 0. The van der Waals surface area contributed by atoms with E-state index in [-0.39, 0.29) is 18.6 Å². The third-order valence-electron chi connectivity index (χ3n) is 4.45. The normalized spacial score (nSPS) is 24.7. The third-order valence-corrected chi connectivity index (χ3v) is 5.33. The molecule has 1 aliphatic carbocycles. The van der Waals surface area contributed by atoms with Gasteiger partial charge in [0.1, 0.15) is 0 Å². The van der Waals surface area contributed by atoms with E-state index in [1.54, 1.807) is 11.3 Å². The predicted octanol–water partition coefficient (Wildman–Crippen LogP) is 1.72. The van der Waals surface area contributed by atoms with Crippen molar-refractivity contribution in [2.45, 2.75) is 44.4 Å². The maximum Gasteiger partial charge on any atom is 0.321 e. The molecule has 1 saturated carbocycles. The van der Waals surface area contributed by atoms with Crippen LogP contribution in [-0.4, -0.2) is 48.7 Å². The highest BCUT2D eigenvalue weighted by molar-refractivity contribution is 7.09. The van der Waals surface area contributed by atoms with Gasteiger partial charge in [-0.25, -0.2) is 4.79 Å². The number of hydrogen-bond acceptors (Lipinski definition) is 5. The number of ether oxygens (including phenoxy) is 1. The average molecular weight is 337 g/mol. The van der Waals surface area contributed by atoms with Gasteiger partial charge in [0, 0.05) is 17.5 Å². The van der Waals surface area contributed by atoms with Crippen molar-refractivity contribution in [2.75, 3.05) is 19.7 Å². The molecule has 1 aliphatic heterocycles. The van der Waals surface area contributed by atoms with Crippen molar-refractivity contribution in [1.82, 2.24) is 15.5 Å². The van der Waals surface area contributed by atoms with Crippen molar-refractivity contribution in [3.63, 3.8) is 0 Å². The molecule has 3 amide bonds. The van der Waals surface area contributed by atoms with E-state index in [0.717, 1.165) is 24.3 Å². The highest BCUT2D eigenvalue weighted by Gasteiger charge is 2.34. The quantitative estimate of drug-likeness (QED) is 0.878. The van der Waals surface area contributed by atoms with Crippen LogP contribution in [0.25, 0.3) is 0 Å². The molecule has 2 N–H and O–H groups in total. The van der Waals surface area contributed by atoms with E-state index >= 15 is 0 Å². The van der Waals surface area contributed by atoms with E-state index < -0.39 is 6.03 Å². The molecule has 2 unspecified atom stereocenters. The van der Waals surface area contributed by atoms with Crippen LogP contribution in [0.5, 0.6) is 0 Å². The number of thiophene rings is 1. The van der Waals surface area contributed by atoms with Crippen LogP contribution in [0.2, 0.25) is 0 Å². The summed E-state index contributed by atoms with van der Waals surface area (Å²) in [7, 11) is 0. The van der Waals surface area contributed by atoms with Crippen molar-refractivity contribution in [3.05, 3.63) is 22.4 Å². The zero-order valence-corrected chi connectivity index (χ0v) is 13.9. The summed E-state index contributed by atoms with van der Waals surface area (Å²) in [4.78, 5) is 27.1. The minimum atomic E-state index is -0.433. The van der Waals surface area contributed by atoms with Gasteiger partial charge in [-0.2, -0.15) is 0 Å². The van der Waals surface area contributed by atoms with Crippen LogP contribution in [0.3, 0.4) is 0 Å². The Balaban J connectivity index is 1.43. The maximum absolute atomic E-state index is 12.1. The van der Waals surface area contributed by atoms with E-state index in [9.17, 15) is 9.59 Å². The molecule has 2 atom stereocenters. The Morgan fingerprint density at radius 1 is 1.35 bits per heavy atom.